The summed E-state index contributed by atoms with van der Waals surface area (Å²) < 4.78 is 83.1. The smallest absolute Gasteiger partial charge is 0.456 e. The van der Waals surface area contributed by atoms with Gasteiger partial charge in [-0.2, -0.15) is 22.0 Å². The minimum absolute atomic E-state index is 0.0677. The average Bonchev–Trinajstić information content (AvgIpc) is 3.03. The monoisotopic (exact) mass is 648 g/mol. The molecule has 0 N–H and O–H groups in total. The number of hydrogen-bond acceptors (Lipinski definition) is 6. The largest absolute Gasteiger partial charge is 0.494 e. The van der Waals surface area contributed by atoms with Crippen LogP contribution in [0.1, 0.15) is 62.2 Å². The number of benzene rings is 3. The Morgan fingerprint density at radius 1 is 0.739 bits per heavy atom. The summed E-state index contributed by atoms with van der Waals surface area (Å²) in [6.07, 6.45) is 2.76. The Balaban J connectivity index is 1.42. The van der Waals surface area contributed by atoms with Gasteiger partial charge in [-0.3, -0.25) is 0 Å². The van der Waals surface area contributed by atoms with Gasteiger partial charge in [0.15, 0.2) is 12.7 Å². The standard InChI is InChI=1S/C35H37F5O6/c1-3-4-5-6-7-8-9-10-23-43-29-17-15-27(16-18-29)26-11-13-28(14-12-26)33(42)46-31-21-19-30(20-22-31)45-25(2)32(41)44-24-34(36,37)35(38,39)40/h3,11-22,25H,1,4-10,23-24H2,2H3. The second kappa shape index (κ2) is 17.3. The van der Waals surface area contributed by atoms with E-state index in [0.29, 0.717) is 12.2 Å². The van der Waals surface area contributed by atoms with Crippen molar-refractivity contribution in [2.75, 3.05) is 13.2 Å². The van der Waals surface area contributed by atoms with E-state index in [1.165, 1.54) is 49.9 Å². The van der Waals surface area contributed by atoms with Crippen molar-refractivity contribution in [1.82, 2.24) is 0 Å². The van der Waals surface area contributed by atoms with Gasteiger partial charge >= 0.3 is 24.0 Å². The molecule has 0 saturated carbocycles. The van der Waals surface area contributed by atoms with Crippen LogP contribution in [0.3, 0.4) is 0 Å². The van der Waals surface area contributed by atoms with Gasteiger partial charge < -0.3 is 18.9 Å². The molecule has 0 spiro atoms. The van der Waals surface area contributed by atoms with E-state index in [2.05, 4.69) is 11.3 Å². The first-order valence-electron chi connectivity index (χ1n) is 14.9. The second-order valence-electron chi connectivity index (χ2n) is 10.6. The molecular weight excluding hydrogens is 611 g/mol. The maximum absolute atomic E-state index is 13.0. The zero-order valence-electron chi connectivity index (χ0n) is 25.5. The molecule has 6 nitrogen and oxygen atoms in total. The number of ether oxygens (including phenoxy) is 4. The second-order valence-corrected chi connectivity index (χ2v) is 10.6. The highest BCUT2D eigenvalue weighted by molar-refractivity contribution is 5.91. The van der Waals surface area contributed by atoms with Gasteiger partial charge in [0.25, 0.3) is 0 Å². The predicted molar refractivity (Wildman–Crippen MR) is 163 cm³/mol. The van der Waals surface area contributed by atoms with Crippen molar-refractivity contribution < 1.29 is 50.5 Å². The number of hydrogen-bond donors (Lipinski definition) is 0. The van der Waals surface area contributed by atoms with Gasteiger partial charge in [-0.25, -0.2) is 9.59 Å². The van der Waals surface area contributed by atoms with E-state index in [9.17, 15) is 31.5 Å². The maximum atomic E-state index is 13.0. The molecule has 0 radical (unpaired) electrons. The summed E-state index contributed by atoms with van der Waals surface area (Å²) in [5, 5.41) is 0. The minimum atomic E-state index is -5.85. The third kappa shape index (κ3) is 11.5. The summed E-state index contributed by atoms with van der Waals surface area (Å²) >= 11 is 0. The molecule has 3 aromatic rings. The third-order valence-corrected chi connectivity index (χ3v) is 6.87. The van der Waals surface area contributed by atoms with Crippen LogP contribution in [0.25, 0.3) is 11.1 Å². The van der Waals surface area contributed by atoms with Gasteiger partial charge in [-0.05, 0) is 85.8 Å². The highest BCUT2D eigenvalue weighted by atomic mass is 19.4. The van der Waals surface area contributed by atoms with Crippen molar-refractivity contribution in [1.29, 1.82) is 0 Å². The Hall–Kier alpha value is -4.41. The highest BCUT2D eigenvalue weighted by Crippen LogP contribution is 2.35. The van der Waals surface area contributed by atoms with E-state index in [4.69, 9.17) is 14.2 Å². The van der Waals surface area contributed by atoms with E-state index in [1.54, 1.807) is 24.3 Å². The van der Waals surface area contributed by atoms with Gasteiger partial charge in [-0.1, -0.05) is 56.0 Å². The first-order chi connectivity index (χ1) is 21.9. The molecule has 248 valence electrons. The average molecular weight is 649 g/mol. The fraction of sp³-hybridized carbons (Fsp3) is 0.371. The lowest BCUT2D eigenvalue weighted by Gasteiger charge is -2.20. The van der Waals surface area contributed by atoms with E-state index < -0.39 is 36.7 Å². The summed E-state index contributed by atoms with van der Waals surface area (Å²) in [6.45, 7) is 3.39. The summed E-state index contributed by atoms with van der Waals surface area (Å²) in [5.74, 6) is -6.19. The lowest BCUT2D eigenvalue weighted by atomic mass is 10.0. The number of allylic oxidation sites excluding steroid dienone is 1. The van der Waals surface area contributed by atoms with Crippen LogP contribution >= 0.6 is 0 Å². The molecule has 1 unspecified atom stereocenters. The van der Waals surface area contributed by atoms with Crippen molar-refractivity contribution in [3.05, 3.63) is 91.0 Å². The van der Waals surface area contributed by atoms with Crippen molar-refractivity contribution >= 4 is 11.9 Å². The van der Waals surface area contributed by atoms with Crippen molar-refractivity contribution in [2.24, 2.45) is 0 Å². The van der Waals surface area contributed by atoms with E-state index >= 15 is 0 Å². The van der Waals surface area contributed by atoms with Crippen molar-refractivity contribution in [3.63, 3.8) is 0 Å². The van der Waals surface area contributed by atoms with Crippen LogP contribution in [0.2, 0.25) is 0 Å². The fourth-order valence-corrected chi connectivity index (χ4v) is 4.20. The summed E-state index contributed by atoms with van der Waals surface area (Å²) in [7, 11) is 0. The number of unbranched alkanes of at least 4 members (excludes halogenated alkanes) is 6. The molecule has 0 aromatic heterocycles. The zero-order valence-corrected chi connectivity index (χ0v) is 25.5. The molecule has 3 aromatic carbocycles. The van der Waals surface area contributed by atoms with Crippen LogP contribution in [0.15, 0.2) is 85.5 Å². The van der Waals surface area contributed by atoms with Crippen LogP contribution < -0.4 is 14.2 Å². The van der Waals surface area contributed by atoms with Gasteiger partial charge in [0.05, 0.1) is 12.2 Å². The molecule has 0 aliphatic heterocycles. The van der Waals surface area contributed by atoms with Gasteiger partial charge in [0.2, 0.25) is 0 Å². The summed E-state index contributed by atoms with van der Waals surface area (Å²) in [5.41, 5.74) is 2.15. The predicted octanol–water partition coefficient (Wildman–Crippen LogP) is 9.38. The molecule has 0 fully saturated rings. The number of rotatable bonds is 18. The van der Waals surface area contributed by atoms with E-state index in [1.807, 2.05) is 30.3 Å². The molecule has 3 rings (SSSR count). The molecule has 0 heterocycles. The van der Waals surface area contributed by atoms with Crippen LogP contribution in [0, 0.1) is 0 Å². The Morgan fingerprint density at radius 3 is 1.85 bits per heavy atom. The summed E-state index contributed by atoms with van der Waals surface area (Å²) in [6, 6.07) is 20.0. The number of esters is 2. The summed E-state index contributed by atoms with van der Waals surface area (Å²) in [4.78, 5) is 24.4. The third-order valence-electron chi connectivity index (χ3n) is 6.87. The molecule has 0 bridgehead atoms. The first kappa shape index (κ1) is 36.1. The quantitative estimate of drug-likeness (QED) is 0.0450. The molecular formula is C35H37F5O6. The molecule has 1 atom stereocenters. The maximum Gasteiger partial charge on any atom is 0.456 e. The normalized spacial score (nSPS) is 12.2. The fourth-order valence-electron chi connectivity index (χ4n) is 4.20. The van der Waals surface area contributed by atoms with Crippen LogP contribution in [-0.4, -0.2) is 43.4 Å². The molecule has 11 heteroatoms. The molecule has 0 aliphatic rings. The lowest BCUT2D eigenvalue weighted by Crippen LogP contribution is -2.42. The van der Waals surface area contributed by atoms with Crippen LogP contribution in [0.5, 0.6) is 17.2 Å². The SMILES string of the molecule is C=CCCCCCCCCOc1ccc(-c2ccc(C(=O)Oc3ccc(OC(C)C(=O)OCC(F)(F)C(F)(F)F)cc3)cc2)cc1. The molecule has 0 saturated heterocycles. The topological polar surface area (TPSA) is 71.1 Å². The lowest BCUT2D eigenvalue weighted by molar-refractivity contribution is -0.294. The van der Waals surface area contributed by atoms with Crippen LogP contribution in [0.4, 0.5) is 22.0 Å². The van der Waals surface area contributed by atoms with Gasteiger partial charge in [0, 0.05) is 0 Å². The molecule has 46 heavy (non-hydrogen) atoms. The van der Waals surface area contributed by atoms with Gasteiger partial charge in [0.1, 0.15) is 17.2 Å². The highest BCUT2D eigenvalue weighted by Gasteiger charge is 2.58. The minimum Gasteiger partial charge on any atom is -0.494 e. The number of halogens is 5. The zero-order chi connectivity index (χ0) is 33.6. The Morgan fingerprint density at radius 2 is 1.26 bits per heavy atom. The Bertz CT molecular complexity index is 1390. The number of carbonyl (C=O) groups is 2. The van der Waals surface area contributed by atoms with Gasteiger partial charge in [-0.15, -0.1) is 6.58 Å². The van der Waals surface area contributed by atoms with E-state index in [0.717, 1.165) is 43.1 Å². The van der Waals surface area contributed by atoms with Crippen LogP contribution in [-0.2, 0) is 9.53 Å². The number of carbonyl (C=O) groups excluding carboxylic acids is 2. The molecule has 0 aliphatic carbocycles. The Kier molecular flexibility index (Phi) is 13.6. The van der Waals surface area contributed by atoms with Crippen molar-refractivity contribution in [3.8, 4) is 28.4 Å². The first-order valence-corrected chi connectivity index (χ1v) is 14.9. The van der Waals surface area contributed by atoms with E-state index in [-0.39, 0.29) is 11.5 Å². The molecule has 0 amide bonds. The number of alkyl halides is 5. The Labute approximate surface area is 265 Å². The van der Waals surface area contributed by atoms with Crippen molar-refractivity contribution in [2.45, 2.75) is 70.1 Å².